The van der Waals surface area contributed by atoms with Crippen LogP contribution in [0.1, 0.15) is 15.4 Å². The van der Waals surface area contributed by atoms with E-state index < -0.39 is 0 Å². The van der Waals surface area contributed by atoms with Crippen molar-refractivity contribution in [3.05, 3.63) is 62.9 Å². The smallest absolute Gasteiger partial charge is 0.255 e. The van der Waals surface area contributed by atoms with E-state index in [0.29, 0.717) is 24.4 Å². The highest BCUT2D eigenvalue weighted by molar-refractivity contribution is 9.10. The Morgan fingerprint density at radius 1 is 1.03 bits per heavy atom. The minimum Gasteiger partial charge on any atom is -0.497 e. The van der Waals surface area contributed by atoms with Gasteiger partial charge in [-0.25, -0.2) is 4.98 Å². The summed E-state index contributed by atoms with van der Waals surface area (Å²) in [6, 6.07) is 13.4. The van der Waals surface area contributed by atoms with Crippen LogP contribution >= 0.6 is 27.3 Å². The van der Waals surface area contributed by atoms with Gasteiger partial charge in [0.05, 0.1) is 32.0 Å². The number of carbonyl (C=O) groups is 1. The lowest BCUT2D eigenvalue weighted by Gasteiger charge is -2.34. The number of hydrogen-bond donors (Lipinski definition) is 0. The molecule has 2 heterocycles. The third-order valence-electron chi connectivity index (χ3n) is 5.36. The molecule has 1 fully saturated rings. The second-order valence-electron chi connectivity index (χ2n) is 7.27. The first-order valence-electron chi connectivity index (χ1n) is 10.0. The Kier molecular flexibility index (Phi) is 6.89. The van der Waals surface area contributed by atoms with E-state index in [1.54, 1.807) is 31.6 Å². The Morgan fingerprint density at radius 3 is 2.39 bits per heavy atom. The Balaban J connectivity index is 1.34. The monoisotopic (exact) mass is 501 g/mol. The van der Waals surface area contributed by atoms with Gasteiger partial charge in [-0.15, -0.1) is 11.3 Å². The van der Waals surface area contributed by atoms with Crippen molar-refractivity contribution in [2.75, 3.05) is 40.4 Å². The maximum atomic E-state index is 13.0. The quantitative estimate of drug-likeness (QED) is 0.495. The van der Waals surface area contributed by atoms with Crippen LogP contribution < -0.4 is 9.47 Å². The maximum Gasteiger partial charge on any atom is 0.255 e. The van der Waals surface area contributed by atoms with Gasteiger partial charge in [0.1, 0.15) is 16.5 Å². The summed E-state index contributed by atoms with van der Waals surface area (Å²) in [6.07, 6.45) is 0. The summed E-state index contributed by atoms with van der Waals surface area (Å²) in [6.45, 7) is 3.83. The van der Waals surface area contributed by atoms with Crippen LogP contribution in [0.5, 0.6) is 11.5 Å². The van der Waals surface area contributed by atoms with E-state index in [-0.39, 0.29) is 5.91 Å². The van der Waals surface area contributed by atoms with Crippen molar-refractivity contribution in [1.82, 2.24) is 14.8 Å². The van der Waals surface area contributed by atoms with E-state index in [9.17, 15) is 4.79 Å². The SMILES string of the molecule is COc1ccc(-c2csc(CN3CCN(C(=O)c4cc(OC)ccc4Br)CC3)n2)cc1. The van der Waals surface area contributed by atoms with Crippen molar-refractivity contribution in [1.29, 1.82) is 0 Å². The molecule has 0 bridgehead atoms. The number of hydrogen-bond acceptors (Lipinski definition) is 6. The highest BCUT2D eigenvalue weighted by Crippen LogP contribution is 2.26. The van der Waals surface area contributed by atoms with Crippen molar-refractivity contribution < 1.29 is 14.3 Å². The van der Waals surface area contributed by atoms with Crippen LogP contribution in [-0.2, 0) is 6.54 Å². The molecule has 8 heteroatoms. The van der Waals surface area contributed by atoms with Crippen molar-refractivity contribution in [3.63, 3.8) is 0 Å². The van der Waals surface area contributed by atoms with Crippen LogP contribution in [-0.4, -0.2) is 61.1 Å². The van der Waals surface area contributed by atoms with E-state index in [4.69, 9.17) is 14.5 Å². The van der Waals surface area contributed by atoms with Crippen molar-refractivity contribution in [2.45, 2.75) is 6.54 Å². The molecule has 4 rings (SSSR count). The number of piperazine rings is 1. The van der Waals surface area contributed by atoms with Gasteiger partial charge in [-0.05, 0) is 58.4 Å². The first kappa shape index (κ1) is 21.8. The molecule has 0 radical (unpaired) electrons. The lowest BCUT2D eigenvalue weighted by molar-refractivity contribution is 0.0627. The zero-order valence-corrected chi connectivity index (χ0v) is 19.9. The molecule has 31 heavy (non-hydrogen) atoms. The van der Waals surface area contributed by atoms with Crippen LogP contribution in [0.15, 0.2) is 52.3 Å². The number of ether oxygens (including phenoxy) is 2. The van der Waals surface area contributed by atoms with E-state index in [1.165, 1.54) is 0 Å². The maximum absolute atomic E-state index is 13.0. The fourth-order valence-corrected chi connectivity index (χ4v) is 4.80. The molecule has 0 atom stereocenters. The van der Waals surface area contributed by atoms with E-state index in [2.05, 4.69) is 26.2 Å². The molecule has 3 aromatic rings. The summed E-state index contributed by atoms with van der Waals surface area (Å²) in [4.78, 5) is 22.0. The first-order valence-corrected chi connectivity index (χ1v) is 11.7. The number of carbonyl (C=O) groups excluding carboxylic acids is 1. The average molecular weight is 502 g/mol. The fourth-order valence-electron chi connectivity index (χ4n) is 3.54. The van der Waals surface area contributed by atoms with Crippen LogP contribution in [0.2, 0.25) is 0 Å². The number of rotatable bonds is 6. The number of aromatic nitrogens is 1. The Morgan fingerprint density at radius 2 is 1.71 bits per heavy atom. The average Bonchev–Trinajstić information content (AvgIpc) is 3.28. The molecule has 162 valence electrons. The van der Waals surface area contributed by atoms with Crippen LogP contribution in [0.25, 0.3) is 11.3 Å². The normalized spacial score (nSPS) is 14.5. The number of amides is 1. The Hall–Kier alpha value is -2.42. The van der Waals surface area contributed by atoms with Gasteiger partial charge in [0.15, 0.2) is 0 Å². The molecule has 1 amide bonds. The van der Waals surface area contributed by atoms with Gasteiger partial charge in [-0.3, -0.25) is 9.69 Å². The molecular formula is C23H24BrN3O3S. The van der Waals surface area contributed by atoms with E-state index in [0.717, 1.165) is 46.1 Å². The molecule has 0 N–H and O–H groups in total. The van der Waals surface area contributed by atoms with Gasteiger partial charge in [0, 0.05) is 41.6 Å². The molecule has 6 nitrogen and oxygen atoms in total. The predicted molar refractivity (Wildman–Crippen MR) is 126 cm³/mol. The minimum atomic E-state index is 0.0291. The minimum absolute atomic E-state index is 0.0291. The van der Waals surface area contributed by atoms with Gasteiger partial charge in [0.25, 0.3) is 5.91 Å². The molecule has 1 saturated heterocycles. The number of methoxy groups -OCH3 is 2. The van der Waals surface area contributed by atoms with Gasteiger partial charge >= 0.3 is 0 Å². The summed E-state index contributed by atoms with van der Waals surface area (Å²) >= 11 is 5.16. The molecule has 0 unspecified atom stereocenters. The predicted octanol–water partition coefficient (Wildman–Crippen LogP) is 4.55. The second-order valence-corrected chi connectivity index (χ2v) is 9.07. The third kappa shape index (κ3) is 5.08. The number of halogens is 1. The molecular weight excluding hydrogens is 478 g/mol. The Labute approximate surface area is 194 Å². The summed E-state index contributed by atoms with van der Waals surface area (Å²) < 4.78 is 11.3. The topological polar surface area (TPSA) is 54.9 Å². The van der Waals surface area contributed by atoms with Crippen LogP contribution in [0.4, 0.5) is 0 Å². The van der Waals surface area contributed by atoms with Crippen LogP contribution in [0, 0.1) is 0 Å². The molecule has 1 aliphatic rings. The second kappa shape index (κ2) is 9.80. The molecule has 2 aromatic carbocycles. The standard InChI is InChI=1S/C23H24BrN3O3S/c1-29-17-5-3-16(4-6-17)21-15-31-22(25-21)14-26-9-11-27(12-10-26)23(28)19-13-18(30-2)7-8-20(19)24/h3-8,13,15H,9-12,14H2,1-2H3. The zero-order valence-electron chi connectivity index (χ0n) is 17.5. The molecule has 1 aromatic heterocycles. The summed E-state index contributed by atoms with van der Waals surface area (Å²) in [5, 5.41) is 3.18. The highest BCUT2D eigenvalue weighted by Gasteiger charge is 2.24. The summed E-state index contributed by atoms with van der Waals surface area (Å²) in [7, 11) is 3.27. The third-order valence-corrected chi connectivity index (χ3v) is 6.88. The van der Waals surface area contributed by atoms with Crippen molar-refractivity contribution in [3.8, 4) is 22.8 Å². The lowest BCUT2D eigenvalue weighted by Crippen LogP contribution is -2.48. The van der Waals surface area contributed by atoms with Gasteiger partial charge < -0.3 is 14.4 Å². The van der Waals surface area contributed by atoms with Gasteiger partial charge in [0.2, 0.25) is 0 Å². The molecule has 0 saturated carbocycles. The first-order chi connectivity index (χ1) is 15.1. The molecule has 0 aliphatic carbocycles. The zero-order chi connectivity index (χ0) is 21.8. The van der Waals surface area contributed by atoms with E-state index >= 15 is 0 Å². The van der Waals surface area contributed by atoms with Crippen molar-refractivity contribution >= 4 is 33.2 Å². The number of thiazole rings is 1. The lowest BCUT2D eigenvalue weighted by atomic mass is 10.1. The van der Waals surface area contributed by atoms with E-state index in [1.807, 2.05) is 41.3 Å². The number of nitrogens with zero attached hydrogens (tertiary/aromatic N) is 3. The fraction of sp³-hybridized carbons (Fsp3) is 0.304. The largest absolute Gasteiger partial charge is 0.497 e. The van der Waals surface area contributed by atoms with Crippen LogP contribution in [0.3, 0.4) is 0 Å². The highest BCUT2D eigenvalue weighted by atomic mass is 79.9. The summed E-state index contributed by atoms with van der Waals surface area (Å²) in [5.41, 5.74) is 2.71. The number of benzene rings is 2. The van der Waals surface area contributed by atoms with Crippen molar-refractivity contribution in [2.24, 2.45) is 0 Å². The van der Waals surface area contributed by atoms with Gasteiger partial charge in [-0.1, -0.05) is 0 Å². The summed E-state index contributed by atoms with van der Waals surface area (Å²) in [5.74, 6) is 1.55. The van der Waals surface area contributed by atoms with Gasteiger partial charge in [-0.2, -0.15) is 0 Å². The molecule has 0 spiro atoms. The molecule has 1 aliphatic heterocycles. The Bertz CT molecular complexity index is 1050.